The Labute approximate surface area is 142 Å². The van der Waals surface area contributed by atoms with Gasteiger partial charge in [-0.2, -0.15) is 0 Å². The molecule has 0 fully saturated rings. The van der Waals surface area contributed by atoms with Crippen LogP contribution in [0.25, 0.3) is 10.9 Å². The van der Waals surface area contributed by atoms with Crippen LogP contribution in [0.2, 0.25) is 5.02 Å². The topological polar surface area (TPSA) is 68.5 Å². The molecule has 0 unspecified atom stereocenters. The molecule has 1 heterocycles. The monoisotopic (exact) mass is 343 g/mol. The lowest BCUT2D eigenvalue weighted by Crippen LogP contribution is -2.27. The zero-order valence-electron chi connectivity index (χ0n) is 12.8. The molecule has 3 rings (SSSR count). The number of methoxy groups -OCH3 is 1. The minimum atomic E-state index is -1.33. The highest BCUT2D eigenvalue weighted by molar-refractivity contribution is 6.38. The van der Waals surface area contributed by atoms with Gasteiger partial charge in [0.2, 0.25) is 0 Å². The number of carbonyl (C=O) groups is 1. The molecule has 0 atom stereocenters. The molecule has 0 aliphatic heterocycles. The highest BCUT2D eigenvalue weighted by Crippen LogP contribution is 2.25. The van der Waals surface area contributed by atoms with E-state index in [4.69, 9.17) is 16.3 Å². The predicted molar refractivity (Wildman–Crippen MR) is 92.3 cm³/mol. The fourth-order valence-electron chi connectivity index (χ4n) is 2.62. The van der Waals surface area contributed by atoms with Crippen LogP contribution in [0.1, 0.15) is 15.9 Å². The van der Waals surface area contributed by atoms with Crippen LogP contribution in [-0.4, -0.2) is 22.8 Å². The predicted octanol–water partition coefficient (Wildman–Crippen LogP) is 3.41. The summed E-state index contributed by atoms with van der Waals surface area (Å²) in [6, 6.07) is 14.2. The third-order valence-electron chi connectivity index (χ3n) is 3.82. The fraction of sp³-hybridized carbons (Fsp3) is 0.111. The fourth-order valence-corrected chi connectivity index (χ4v) is 2.94. The number of rotatable bonds is 4. The second-order valence-corrected chi connectivity index (χ2v) is 5.63. The Hall–Kier alpha value is -2.79. The molecule has 3 aromatic rings. The molecular weight excluding hydrogens is 330 g/mol. The molecule has 0 radical (unpaired) electrons. The Morgan fingerprint density at radius 1 is 1.17 bits per heavy atom. The van der Waals surface area contributed by atoms with Crippen LogP contribution in [0.4, 0.5) is 0 Å². The molecule has 5 nitrogen and oxygen atoms in total. The normalized spacial score (nSPS) is 10.8. The molecule has 0 saturated heterocycles. The second kappa shape index (κ2) is 6.37. The maximum Gasteiger partial charge on any atom is 0.342 e. The van der Waals surface area contributed by atoms with Gasteiger partial charge in [-0.15, -0.1) is 0 Å². The maximum absolute atomic E-state index is 12.6. The van der Waals surface area contributed by atoms with Crippen molar-refractivity contribution in [3.8, 4) is 5.75 Å². The number of aromatic carboxylic acids is 1. The van der Waals surface area contributed by atoms with Crippen molar-refractivity contribution in [3.05, 3.63) is 75.0 Å². The number of hydrogen-bond donors (Lipinski definition) is 1. The van der Waals surface area contributed by atoms with Crippen LogP contribution in [0.15, 0.2) is 53.3 Å². The zero-order chi connectivity index (χ0) is 17.3. The number of carboxylic acid groups (broad SMARTS) is 1. The lowest BCUT2D eigenvalue weighted by molar-refractivity contribution is 0.0694. The minimum absolute atomic E-state index is 0.0333. The van der Waals surface area contributed by atoms with E-state index in [0.29, 0.717) is 16.7 Å². The van der Waals surface area contributed by atoms with E-state index in [0.717, 1.165) is 5.56 Å². The molecule has 1 N–H and O–H groups in total. The molecule has 0 amide bonds. The summed E-state index contributed by atoms with van der Waals surface area (Å²) in [5.41, 5.74) is 0.404. The van der Waals surface area contributed by atoms with Crippen molar-refractivity contribution >= 4 is 28.5 Å². The molecule has 0 aliphatic carbocycles. The van der Waals surface area contributed by atoms with Gasteiger partial charge in [-0.05, 0) is 23.8 Å². The van der Waals surface area contributed by atoms with Crippen molar-refractivity contribution in [2.45, 2.75) is 6.54 Å². The number of pyridine rings is 1. The first-order valence-corrected chi connectivity index (χ1v) is 7.58. The number of halogens is 1. The summed E-state index contributed by atoms with van der Waals surface area (Å²) < 4.78 is 6.54. The average Bonchev–Trinajstić information content (AvgIpc) is 2.59. The summed E-state index contributed by atoms with van der Waals surface area (Å²) in [7, 11) is 1.57. The summed E-state index contributed by atoms with van der Waals surface area (Å²) in [6.45, 7) is 0.237. The van der Waals surface area contributed by atoms with Gasteiger partial charge in [0.05, 0.1) is 24.2 Å². The van der Waals surface area contributed by atoms with Crippen molar-refractivity contribution < 1.29 is 14.6 Å². The summed E-state index contributed by atoms with van der Waals surface area (Å²) in [4.78, 5) is 24.1. The van der Waals surface area contributed by atoms with Crippen molar-refractivity contribution in [1.29, 1.82) is 0 Å². The zero-order valence-corrected chi connectivity index (χ0v) is 13.6. The standard InChI is InChI=1S/C18H14ClNO4/c1-24-12-8-6-11(7-9-12)10-20-14-5-3-2-4-13(14)16(19)15(17(20)21)18(22)23/h2-9H,10H2,1H3,(H,22,23). The summed E-state index contributed by atoms with van der Waals surface area (Å²) in [6.07, 6.45) is 0. The first-order valence-electron chi connectivity index (χ1n) is 7.20. The van der Waals surface area contributed by atoms with Crippen LogP contribution in [0.5, 0.6) is 5.75 Å². The Bertz CT molecular complexity index is 977. The smallest absolute Gasteiger partial charge is 0.342 e. The van der Waals surface area contributed by atoms with Gasteiger partial charge >= 0.3 is 5.97 Å². The van der Waals surface area contributed by atoms with E-state index in [1.165, 1.54) is 4.57 Å². The number of hydrogen-bond acceptors (Lipinski definition) is 3. The average molecular weight is 344 g/mol. The molecule has 122 valence electrons. The third kappa shape index (κ3) is 2.74. The largest absolute Gasteiger partial charge is 0.497 e. The van der Waals surface area contributed by atoms with Gasteiger partial charge in [-0.1, -0.05) is 41.9 Å². The molecular formula is C18H14ClNO4. The molecule has 0 bridgehead atoms. The molecule has 2 aromatic carbocycles. The maximum atomic E-state index is 12.6. The van der Waals surface area contributed by atoms with E-state index < -0.39 is 17.1 Å². The van der Waals surface area contributed by atoms with Crippen LogP contribution < -0.4 is 10.3 Å². The molecule has 1 aromatic heterocycles. The summed E-state index contributed by atoms with van der Waals surface area (Å²) in [5, 5.41) is 9.85. The lowest BCUT2D eigenvalue weighted by atomic mass is 10.1. The first-order chi connectivity index (χ1) is 11.5. The van der Waals surface area contributed by atoms with E-state index in [2.05, 4.69) is 0 Å². The Morgan fingerprint density at radius 2 is 1.83 bits per heavy atom. The first kappa shape index (κ1) is 16.1. The molecule has 0 aliphatic rings. The number of carboxylic acids is 1. The molecule has 0 saturated carbocycles. The Kier molecular flexibility index (Phi) is 4.27. The summed E-state index contributed by atoms with van der Waals surface area (Å²) in [5.74, 6) is -0.627. The van der Waals surface area contributed by atoms with Gasteiger partial charge < -0.3 is 14.4 Å². The van der Waals surface area contributed by atoms with Gasteiger partial charge in [0, 0.05) is 5.39 Å². The quantitative estimate of drug-likeness (QED) is 0.788. The van der Waals surface area contributed by atoms with Crippen molar-refractivity contribution in [2.24, 2.45) is 0 Å². The van der Waals surface area contributed by atoms with Gasteiger partial charge in [0.1, 0.15) is 11.3 Å². The molecule has 0 spiro atoms. The third-order valence-corrected chi connectivity index (χ3v) is 4.22. The van der Waals surface area contributed by atoms with Gasteiger partial charge in [0.25, 0.3) is 5.56 Å². The highest BCUT2D eigenvalue weighted by atomic mass is 35.5. The van der Waals surface area contributed by atoms with Crippen molar-refractivity contribution in [3.63, 3.8) is 0 Å². The number of benzene rings is 2. The highest BCUT2D eigenvalue weighted by Gasteiger charge is 2.20. The summed E-state index contributed by atoms with van der Waals surface area (Å²) >= 11 is 6.15. The number of nitrogens with zero attached hydrogens (tertiary/aromatic N) is 1. The number of aromatic nitrogens is 1. The minimum Gasteiger partial charge on any atom is -0.497 e. The van der Waals surface area contributed by atoms with Crippen LogP contribution >= 0.6 is 11.6 Å². The Morgan fingerprint density at radius 3 is 2.46 bits per heavy atom. The Balaban J connectivity index is 2.22. The van der Waals surface area contributed by atoms with E-state index in [1.54, 1.807) is 43.5 Å². The van der Waals surface area contributed by atoms with Gasteiger partial charge in [0.15, 0.2) is 0 Å². The SMILES string of the molecule is COc1ccc(Cn2c(=O)c(C(=O)O)c(Cl)c3ccccc32)cc1. The van der Waals surface area contributed by atoms with E-state index in [-0.39, 0.29) is 11.6 Å². The van der Waals surface area contributed by atoms with E-state index >= 15 is 0 Å². The van der Waals surface area contributed by atoms with Crippen molar-refractivity contribution in [1.82, 2.24) is 4.57 Å². The molecule has 24 heavy (non-hydrogen) atoms. The van der Waals surface area contributed by atoms with Crippen LogP contribution in [0, 0.1) is 0 Å². The second-order valence-electron chi connectivity index (χ2n) is 5.25. The van der Waals surface area contributed by atoms with E-state index in [1.807, 2.05) is 12.1 Å². The number of ether oxygens (including phenoxy) is 1. The van der Waals surface area contributed by atoms with Gasteiger partial charge in [-0.25, -0.2) is 4.79 Å². The number of fused-ring (bicyclic) bond motifs is 1. The van der Waals surface area contributed by atoms with Crippen LogP contribution in [0.3, 0.4) is 0 Å². The number of para-hydroxylation sites is 1. The molecule has 6 heteroatoms. The van der Waals surface area contributed by atoms with Gasteiger partial charge in [-0.3, -0.25) is 4.79 Å². The van der Waals surface area contributed by atoms with Crippen molar-refractivity contribution in [2.75, 3.05) is 7.11 Å². The van der Waals surface area contributed by atoms with Crippen LogP contribution in [-0.2, 0) is 6.54 Å². The van der Waals surface area contributed by atoms with E-state index in [9.17, 15) is 14.7 Å². The lowest BCUT2D eigenvalue weighted by Gasteiger charge is -2.14.